The fraction of sp³-hybridized carbons (Fsp3) is 0.500. The predicted octanol–water partition coefficient (Wildman–Crippen LogP) is 3.22. The Bertz CT molecular complexity index is 851. The number of amides is 1. The van der Waals surface area contributed by atoms with Gasteiger partial charge >= 0.3 is 12.1 Å². The third-order valence-electron chi connectivity index (χ3n) is 5.09. The van der Waals surface area contributed by atoms with E-state index in [9.17, 15) is 9.59 Å². The van der Waals surface area contributed by atoms with Gasteiger partial charge in [-0.05, 0) is 56.9 Å². The van der Waals surface area contributed by atoms with Crippen LogP contribution in [0, 0.1) is 0 Å². The summed E-state index contributed by atoms with van der Waals surface area (Å²) in [6, 6.07) is 7.76. The Balaban J connectivity index is 1.70. The summed E-state index contributed by atoms with van der Waals surface area (Å²) in [5.41, 5.74) is 3.83. The van der Waals surface area contributed by atoms with Crippen molar-refractivity contribution >= 4 is 24.0 Å². The number of rotatable bonds is 5. The Morgan fingerprint density at radius 3 is 2.67 bits per heavy atom. The van der Waals surface area contributed by atoms with Crippen LogP contribution in [0.2, 0.25) is 0 Å². The van der Waals surface area contributed by atoms with Crippen molar-refractivity contribution in [2.24, 2.45) is 5.10 Å². The minimum absolute atomic E-state index is 0.232. The lowest BCUT2D eigenvalue weighted by molar-refractivity contribution is -0.134. The summed E-state index contributed by atoms with van der Waals surface area (Å²) in [4.78, 5) is 23.8. The molecule has 0 aromatic heterocycles. The first-order valence-electron chi connectivity index (χ1n) is 10.2. The molecule has 2 aliphatic rings. The van der Waals surface area contributed by atoms with Gasteiger partial charge in [0.25, 0.3) is 0 Å². The number of ether oxygens (including phenoxy) is 2. The number of nitrogens with zero attached hydrogens (tertiary/aromatic N) is 1. The number of hydrazone groups is 1. The highest BCUT2D eigenvalue weighted by molar-refractivity contribution is 5.95. The molecule has 0 bridgehead atoms. The summed E-state index contributed by atoms with van der Waals surface area (Å²) in [5, 5.41) is 11.0. The molecule has 1 saturated carbocycles. The maximum Gasteiger partial charge on any atom is 0.408 e. The Kier molecular flexibility index (Phi) is 6.34. The van der Waals surface area contributed by atoms with Crippen molar-refractivity contribution in [1.82, 2.24) is 16.1 Å². The number of alkyl carbamates (subject to hydrolysis) is 1. The second-order valence-corrected chi connectivity index (χ2v) is 8.61. The van der Waals surface area contributed by atoms with Crippen molar-refractivity contribution in [2.75, 3.05) is 7.11 Å². The van der Waals surface area contributed by atoms with E-state index >= 15 is 0 Å². The number of carbonyl (C=O) groups excluding carboxylic acids is 2. The minimum atomic E-state index is -0.563. The molecule has 8 heteroatoms. The molecule has 0 spiro atoms. The first kappa shape index (κ1) is 21.7. The lowest BCUT2D eigenvalue weighted by Gasteiger charge is -2.31. The number of benzene rings is 1. The molecule has 3 N–H and O–H groups in total. The van der Waals surface area contributed by atoms with Gasteiger partial charge in [-0.1, -0.05) is 31.0 Å². The molecule has 1 heterocycles. The van der Waals surface area contributed by atoms with E-state index in [2.05, 4.69) is 25.9 Å². The van der Waals surface area contributed by atoms with E-state index < -0.39 is 23.2 Å². The van der Waals surface area contributed by atoms with Gasteiger partial charge < -0.3 is 20.1 Å². The Morgan fingerprint density at radius 2 is 2.00 bits per heavy atom. The van der Waals surface area contributed by atoms with Gasteiger partial charge in [0.1, 0.15) is 23.1 Å². The summed E-state index contributed by atoms with van der Waals surface area (Å²) in [6.45, 7) is 5.54. The average molecular weight is 415 g/mol. The molecule has 1 aliphatic heterocycles. The Morgan fingerprint density at radius 1 is 1.27 bits per heavy atom. The zero-order chi connectivity index (χ0) is 21.8. The fourth-order valence-corrected chi connectivity index (χ4v) is 3.71. The van der Waals surface area contributed by atoms with E-state index in [-0.39, 0.29) is 6.17 Å². The van der Waals surface area contributed by atoms with Gasteiger partial charge in [-0.25, -0.2) is 9.59 Å². The standard InChI is InChI=1S/C22H30N4O4/c1-21(2,3)30-20(28)24-22(12-5-6-13-22)19-23-18(25-26-19)16-9-7-8-15(14-16)10-11-17(27)29-4/h7-11,14,18,25H,5-6,12-13H2,1-4H3,(H,23,26)(H,24,28)/b11-10+. The van der Waals surface area contributed by atoms with Crippen LogP contribution in [0.5, 0.6) is 0 Å². The van der Waals surface area contributed by atoms with E-state index in [0.29, 0.717) is 5.84 Å². The van der Waals surface area contributed by atoms with E-state index in [4.69, 9.17) is 4.74 Å². The number of nitrogens with one attached hydrogen (secondary N) is 3. The topological polar surface area (TPSA) is 101 Å². The van der Waals surface area contributed by atoms with Gasteiger partial charge in [0.2, 0.25) is 0 Å². The van der Waals surface area contributed by atoms with Crippen molar-refractivity contribution in [2.45, 2.75) is 63.8 Å². The lowest BCUT2D eigenvalue weighted by atomic mass is 9.95. The molecule has 3 rings (SSSR count). The van der Waals surface area contributed by atoms with E-state index in [1.54, 1.807) is 6.08 Å². The summed E-state index contributed by atoms with van der Waals surface area (Å²) in [7, 11) is 1.35. The average Bonchev–Trinajstić information content (AvgIpc) is 3.35. The molecule has 0 radical (unpaired) electrons. The molecule has 8 nitrogen and oxygen atoms in total. The first-order chi connectivity index (χ1) is 14.2. The van der Waals surface area contributed by atoms with E-state index in [1.807, 2.05) is 45.0 Å². The summed E-state index contributed by atoms with van der Waals surface area (Å²) in [5.74, 6) is 0.311. The molecular formula is C22H30N4O4. The smallest absolute Gasteiger partial charge is 0.408 e. The van der Waals surface area contributed by atoms with Crippen LogP contribution in [-0.2, 0) is 14.3 Å². The summed E-state index contributed by atoms with van der Waals surface area (Å²) < 4.78 is 10.1. The zero-order valence-corrected chi connectivity index (χ0v) is 18.0. The maximum absolute atomic E-state index is 12.4. The molecule has 1 amide bonds. The molecule has 1 unspecified atom stereocenters. The Hall–Kier alpha value is -3.03. The third-order valence-corrected chi connectivity index (χ3v) is 5.09. The van der Waals surface area contributed by atoms with Gasteiger partial charge in [-0.3, -0.25) is 5.43 Å². The van der Waals surface area contributed by atoms with Crippen molar-refractivity contribution in [3.63, 3.8) is 0 Å². The summed E-state index contributed by atoms with van der Waals surface area (Å²) >= 11 is 0. The van der Waals surface area contributed by atoms with Crippen LogP contribution in [0.1, 0.15) is 63.7 Å². The van der Waals surface area contributed by atoms with E-state index in [0.717, 1.165) is 36.8 Å². The number of amidine groups is 1. The molecule has 162 valence electrons. The van der Waals surface area contributed by atoms with Gasteiger partial charge in [-0.2, -0.15) is 5.10 Å². The molecule has 0 saturated heterocycles. The second kappa shape index (κ2) is 8.77. The number of esters is 1. The van der Waals surface area contributed by atoms with Gasteiger partial charge in [0, 0.05) is 6.08 Å². The fourth-order valence-electron chi connectivity index (χ4n) is 3.71. The van der Waals surface area contributed by atoms with Crippen LogP contribution < -0.4 is 16.1 Å². The van der Waals surface area contributed by atoms with Gasteiger partial charge in [0.15, 0.2) is 0 Å². The van der Waals surface area contributed by atoms with Crippen LogP contribution in [0.25, 0.3) is 6.08 Å². The zero-order valence-electron chi connectivity index (χ0n) is 18.0. The van der Waals surface area contributed by atoms with E-state index in [1.165, 1.54) is 13.2 Å². The van der Waals surface area contributed by atoms with Crippen molar-refractivity contribution in [1.29, 1.82) is 0 Å². The predicted molar refractivity (Wildman–Crippen MR) is 115 cm³/mol. The lowest BCUT2D eigenvalue weighted by Crippen LogP contribution is -2.57. The molecule has 1 atom stereocenters. The molecular weight excluding hydrogens is 384 g/mol. The van der Waals surface area contributed by atoms with Gasteiger partial charge in [-0.15, -0.1) is 0 Å². The number of carbonyl (C=O) groups is 2. The van der Waals surface area contributed by atoms with Crippen molar-refractivity contribution in [3.8, 4) is 0 Å². The summed E-state index contributed by atoms with van der Waals surface area (Å²) in [6.07, 6.45) is 6.03. The Labute approximate surface area is 177 Å². The number of hydrogen-bond acceptors (Lipinski definition) is 7. The normalized spacial score (nSPS) is 20.3. The maximum atomic E-state index is 12.4. The van der Waals surface area contributed by atoms with Crippen LogP contribution in [-0.4, -0.2) is 36.1 Å². The monoisotopic (exact) mass is 414 g/mol. The highest BCUT2D eigenvalue weighted by atomic mass is 16.6. The SMILES string of the molecule is COC(=O)/C=C/c1cccc(C2NN=C(C3(NC(=O)OC(C)(C)C)CCCC3)N2)c1. The second-order valence-electron chi connectivity index (χ2n) is 8.61. The molecule has 1 fully saturated rings. The van der Waals surface area contributed by atoms with Crippen molar-refractivity contribution < 1.29 is 19.1 Å². The van der Waals surface area contributed by atoms with Crippen LogP contribution in [0.4, 0.5) is 4.79 Å². The highest BCUT2D eigenvalue weighted by Gasteiger charge is 2.44. The minimum Gasteiger partial charge on any atom is -0.466 e. The van der Waals surface area contributed by atoms with Crippen molar-refractivity contribution in [3.05, 3.63) is 41.5 Å². The molecule has 1 aromatic rings. The molecule has 1 aliphatic carbocycles. The molecule has 1 aromatic carbocycles. The largest absolute Gasteiger partial charge is 0.466 e. The molecule has 30 heavy (non-hydrogen) atoms. The quantitative estimate of drug-likeness (QED) is 0.505. The van der Waals surface area contributed by atoms with Gasteiger partial charge in [0.05, 0.1) is 7.11 Å². The third kappa shape index (κ3) is 5.31. The van der Waals surface area contributed by atoms with Crippen LogP contribution in [0.15, 0.2) is 35.4 Å². The van der Waals surface area contributed by atoms with Crippen LogP contribution >= 0.6 is 0 Å². The van der Waals surface area contributed by atoms with Crippen LogP contribution in [0.3, 0.4) is 0 Å². The highest BCUT2D eigenvalue weighted by Crippen LogP contribution is 2.33. The number of methoxy groups -OCH3 is 1. The first-order valence-corrected chi connectivity index (χ1v) is 10.2. The number of hydrogen-bond donors (Lipinski definition) is 3.